The number of fused-ring (bicyclic) bond motifs is 2. The smallest absolute Gasteiger partial charge is 0.180 e. The second-order valence-corrected chi connectivity index (χ2v) is 10.6. The Kier molecular flexibility index (Phi) is 7.20. The van der Waals surface area contributed by atoms with Crippen molar-refractivity contribution in [1.29, 1.82) is 5.26 Å². The van der Waals surface area contributed by atoms with Crippen LogP contribution in [0.1, 0.15) is 46.6 Å². The van der Waals surface area contributed by atoms with Gasteiger partial charge in [-0.2, -0.15) is 15.5 Å². The van der Waals surface area contributed by atoms with Crippen LogP contribution in [0.2, 0.25) is 0 Å². The molecule has 1 N–H and O–H groups in total. The number of aliphatic hydroxyl groups excluding tert-OH is 1. The Labute approximate surface area is 237 Å². The van der Waals surface area contributed by atoms with Crippen LogP contribution in [0.15, 0.2) is 61.2 Å². The predicted octanol–water partition coefficient (Wildman–Crippen LogP) is 4.22. The molecule has 0 saturated carbocycles. The molecule has 41 heavy (non-hydrogen) atoms. The fourth-order valence-electron chi connectivity index (χ4n) is 5.83. The number of aryl methyl sites for hydroxylation is 1. The molecule has 6 heterocycles. The van der Waals surface area contributed by atoms with Crippen LogP contribution in [-0.4, -0.2) is 52.0 Å². The third-order valence-electron chi connectivity index (χ3n) is 8.04. The zero-order valence-electron chi connectivity index (χ0n) is 23.1. The summed E-state index contributed by atoms with van der Waals surface area (Å²) in [6.07, 6.45) is 11.2. The molecule has 0 spiro atoms. The van der Waals surface area contributed by atoms with Crippen molar-refractivity contribution in [3.05, 3.63) is 101 Å². The average Bonchev–Trinajstić information content (AvgIpc) is 3.56. The highest BCUT2D eigenvalue weighted by Gasteiger charge is 2.30. The van der Waals surface area contributed by atoms with E-state index in [9.17, 15) is 14.8 Å². The van der Waals surface area contributed by atoms with Gasteiger partial charge in [0.15, 0.2) is 6.19 Å². The van der Waals surface area contributed by atoms with Gasteiger partial charge in [0.25, 0.3) is 0 Å². The van der Waals surface area contributed by atoms with E-state index in [0.29, 0.717) is 31.6 Å². The van der Waals surface area contributed by atoms with Gasteiger partial charge in [-0.15, -0.1) is 0 Å². The van der Waals surface area contributed by atoms with E-state index in [1.165, 1.54) is 12.3 Å². The lowest BCUT2D eigenvalue weighted by Crippen LogP contribution is -2.42. The summed E-state index contributed by atoms with van der Waals surface area (Å²) in [5.74, 6) is -0.711. The molecule has 9 nitrogen and oxygen atoms in total. The molecule has 0 bridgehead atoms. The van der Waals surface area contributed by atoms with Crippen molar-refractivity contribution in [3.63, 3.8) is 0 Å². The maximum absolute atomic E-state index is 13.5. The molecule has 10 heteroatoms. The zero-order chi connectivity index (χ0) is 28.5. The van der Waals surface area contributed by atoms with Crippen molar-refractivity contribution in [2.75, 3.05) is 6.61 Å². The molecule has 2 atom stereocenters. The van der Waals surface area contributed by atoms with Crippen LogP contribution in [0.25, 0.3) is 16.8 Å². The number of aliphatic hydroxyl groups is 1. The van der Waals surface area contributed by atoms with Crippen molar-refractivity contribution >= 4 is 5.52 Å². The Morgan fingerprint density at radius 3 is 2.76 bits per heavy atom. The van der Waals surface area contributed by atoms with Crippen molar-refractivity contribution in [1.82, 2.24) is 34.3 Å². The third-order valence-corrected chi connectivity index (χ3v) is 8.04. The second-order valence-electron chi connectivity index (χ2n) is 10.6. The molecule has 2 unspecified atom stereocenters. The first-order chi connectivity index (χ1) is 20.0. The number of pyridine rings is 3. The Hall–Kier alpha value is -4.62. The summed E-state index contributed by atoms with van der Waals surface area (Å²) in [6, 6.07) is 10.9. The average molecular weight is 551 g/mol. The van der Waals surface area contributed by atoms with Crippen LogP contribution in [0.3, 0.4) is 0 Å². The van der Waals surface area contributed by atoms with E-state index in [1.807, 2.05) is 51.6 Å². The van der Waals surface area contributed by atoms with Crippen LogP contribution in [0.5, 0.6) is 0 Å². The molecule has 5 aromatic rings. The number of nitrogens with zero attached hydrogens (tertiary/aromatic N) is 8. The molecule has 1 aliphatic heterocycles. The van der Waals surface area contributed by atoms with Crippen molar-refractivity contribution in [2.45, 2.75) is 58.2 Å². The molecule has 0 aromatic carbocycles. The van der Waals surface area contributed by atoms with Crippen LogP contribution in [-0.2, 0) is 32.4 Å². The van der Waals surface area contributed by atoms with Crippen LogP contribution in [0.4, 0.5) is 4.39 Å². The summed E-state index contributed by atoms with van der Waals surface area (Å²) in [7, 11) is 0. The Bertz CT molecular complexity index is 1720. The van der Waals surface area contributed by atoms with Gasteiger partial charge in [-0.3, -0.25) is 19.5 Å². The van der Waals surface area contributed by atoms with Gasteiger partial charge in [-0.1, -0.05) is 13.0 Å². The van der Waals surface area contributed by atoms with Crippen LogP contribution >= 0.6 is 0 Å². The highest BCUT2D eigenvalue weighted by molar-refractivity contribution is 5.71. The van der Waals surface area contributed by atoms with Gasteiger partial charge in [0.05, 0.1) is 55.0 Å². The zero-order valence-corrected chi connectivity index (χ0v) is 23.1. The predicted molar refractivity (Wildman–Crippen MR) is 151 cm³/mol. The van der Waals surface area contributed by atoms with Gasteiger partial charge in [0, 0.05) is 47.2 Å². The normalized spacial score (nSPS) is 15.6. The maximum Gasteiger partial charge on any atom is 0.180 e. The summed E-state index contributed by atoms with van der Waals surface area (Å²) >= 11 is 0. The number of nitriles is 1. The van der Waals surface area contributed by atoms with E-state index >= 15 is 0 Å². The van der Waals surface area contributed by atoms with Crippen LogP contribution in [0, 0.1) is 24.2 Å². The number of hydrogen-bond donors (Lipinski definition) is 1. The maximum atomic E-state index is 13.5. The first kappa shape index (κ1) is 26.6. The third kappa shape index (κ3) is 5.05. The molecule has 0 fully saturated rings. The Morgan fingerprint density at radius 2 is 2.05 bits per heavy atom. The molecule has 0 amide bonds. The minimum absolute atomic E-state index is 0.0423. The molecular weight excluding hydrogens is 519 g/mol. The number of halogens is 1. The fourth-order valence-corrected chi connectivity index (χ4v) is 5.83. The summed E-state index contributed by atoms with van der Waals surface area (Å²) in [4.78, 5) is 10.5. The highest BCUT2D eigenvalue weighted by Crippen LogP contribution is 2.33. The first-order valence-electron chi connectivity index (χ1n) is 13.8. The second kappa shape index (κ2) is 11.1. The van der Waals surface area contributed by atoms with Gasteiger partial charge < -0.3 is 5.11 Å². The van der Waals surface area contributed by atoms with Crippen molar-refractivity contribution in [2.24, 2.45) is 0 Å². The summed E-state index contributed by atoms with van der Waals surface area (Å²) < 4.78 is 17.4. The minimum Gasteiger partial charge on any atom is -0.396 e. The molecule has 5 aromatic heterocycles. The summed E-state index contributed by atoms with van der Waals surface area (Å²) in [6.45, 7) is 5.08. The van der Waals surface area contributed by atoms with Gasteiger partial charge in [-0.05, 0) is 61.2 Å². The summed E-state index contributed by atoms with van der Waals surface area (Å²) in [5.41, 5.74) is 8.49. The minimum atomic E-state index is -0.407. The monoisotopic (exact) mass is 550 g/mol. The summed E-state index contributed by atoms with van der Waals surface area (Å²) in [5, 5.41) is 29.9. The fraction of sp³-hybridized carbons (Fsp3) is 0.323. The standard InChI is InChI=1S/C31H31FN8O/c1-3-21-13-36-40-15-23(10-22(31(21)40)11-24(18-41)28-8-7-25(32)14-35-28)30-20(2)29-17-38(19-33)27(16-39(29)37-30)12-26-6-4-5-9-34-26/h4-10,13-15,24,27,41H,3,11-12,16-18H2,1-2H3. The number of aromatic nitrogens is 6. The molecular formula is C31H31FN8O. The van der Waals surface area contributed by atoms with Gasteiger partial charge in [0.1, 0.15) is 5.82 Å². The first-order valence-corrected chi connectivity index (χ1v) is 13.8. The van der Waals surface area contributed by atoms with Crippen LogP contribution < -0.4 is 0 Å². The van der Waals surface area contributed by atoms with Gasteiger partial charge in [0.2, 0.25) is 0 Å². The van der Waals surface area contributed by atoms with E-state index in [-0.39, 0.29) is 18.6 Å². The quantitative estimate of drug-likeness (QED) is 0.288. The lowest BCUT2D eigenvalue weighted by Gasteiger charge is -2.32. The molecule has 0 saturated heterocycles. The molecule has 0 aliphatic carbocycles. The Morgan fingerprint density at radius 1 is 1.17 bits per heavy atom. The van der Waals surface area contributed by atoms with Gasteiger partial charge >= 0.3 is 0 Å². The topological polar surface area (TPSA) is 108 Å². The Balaban J connectivity index is 1.38. The number of rotatable bonds is 8. The SMILES string of the molecule is CCc1cnn2cc(-c3nn4c(c3C)CN(C#N)C(Cc3ccccn3)C4)cc(CC(CO)c3ccc(F)cn3)c12. The van der Waals surface area contributed by atoms with E-state index in [2.05, 4.69) is 34.2 Å². The molecule has 1 aliphatic rings. The molecule has 0 radical (unpaired) electrons. The van der Waals surface area contributed by atoms with E-state index in [4.69, 9.17) is 5.10 Å². The lowest BCUT2D eigenvalue weighted by molar-refractivity contribution is 0.203. The van der Waals surface area contributed by atoms with E-state index in [1.54, 1.807) is 12.3 Å². The molecule has 208 valence electrons. The van der Waals surface area contributed by atoms with E-state index in [0.717, 1.165) is 51.3 Å². The van der Waals surface area contributed by atoms with E-state index < -0.39 is 5.82 Å². The number of hydrogen-bond acceptors (Lipinski definition) is 7. The largest absolute Gasteiger partial charge is 0.396 e. The van der Waals surface area contributed by atoms with Crippen molar-refractivity contribution in [3.8, 4) is 17.5 Å². The highest BCUT2D eigenvalue weighted by atomic mass is 19.1. The molecule has 6 rings (SSSR count). The lowest BCUT2D eigenvalue weighted by atomic mass is 9.93. The van der Waals surface area contributed by atoms with Gasteiger partial charge in [-0.25, -0.2) is 8.91 Å². The van der Waals surface area contributed by atoms with Crippen molar-refractivity contribution < 1.29 is 9.50 Å².